The van der Waals surface area contributed by atoms with Gasteiger partial charge in [-0.05, 0) is 37.7 Å². The Labute approximate surface area is 414 Å². The first kappa shape index (κ1) is 71.6. The fourth-order valence-corrected chi connectivity index (χ4v) is 10.1. The smallest absolute Gasteiger partial charge is 0.802 e. The summed E-state index contributed by atoms with van der Waals surface area (Å²) in [5.74, 6) is 0. The van der Waals surface area contributed by atoms with Gasteiger partial charge in [0.25, 0.3) is 0 Å². The topological polar surface area (TPSA) is 120 Å². The molecule has 0 radical (unpaired) electrons. The molecule has 0 spiro atoms. The molecule has 64 heavy (non-hydrogen) atoms. The minimum atomic E-state index is -2.45. The zero-order valence-corrected chi connectivity index (χ0v) is 47.4. The molecule has 0 amide bonds. The van der Waals surface area contributed by atoms with Crippen LogP contribution in [0.5, 0.6) is 0 Å². The molecule has 3 unspecified atom stereocenters. The molecule has 0 fully saturated rings. The van der Waals surface area contributed by atoms with E-state index in [1.807, 2.05) is 0 Å². The van der Waals surface area contributed by atoms with Crippen molar-refractivity contribution in [2.45, 2.75) is 329 Å². The first-order valence-electron chi connectivity index (χ1n) is 28.4. The third-order valence-electron chi connectivity index (χ3n) is 12.7. The number of hydrogen-bond donors (Lipinski definition) is 0. The first-order chi connectivity index (χ1) is 30.8. The maximum atomic E-state index is 10.4. The zero-order chi connectivity index (χ0) is 46.8. The average molecular weight is 1010 g/mol. The molecule has 0 bridgehead atoms. The van der Waals surface area contributed by atoms with Crippen LogP contribution in [0.4, 0.5) is 0 Å². The van der Waals surface area contributed by atoms with Crippen molar-refractivity contribution in [2.75, 3.05) is 18.5 Å². The van der Waals surface area contributed by atoms with Crippen molar-refractivity contribution in [1.29, 1.82) is 0 Å². The molecule has 0 saturated carbocycles. The van der Waals surface area contributed by atoms with Crippen molar-refractivity contribution in [3.05, 3.63) is 0 Å². The van der Waals surface area contributed by atoms with Crippen LogP contribution in [0.2, 0.25) is 0 Å². The van der Waals surface area contributed by atoms with E-state index in [9.17, 15) is 28.4 Å². The molecule has 0 aromatic rings. The minimum absolute atomic E-state index is 0. The minimum Gasteiger partial charge on any atom is -0.802 e. The third-order valence-corrected chi connectivity index (χ3v) is 15.0. The molecule has 10 heteroatoms. The molecule has 6 nitrogen and oxygen atoms in total. The van der Waals surface area contributed by atoms with Gasteiger partial charge in [0.1, 0.15) is 0 Å². The Hall–Kier alpha value is 1.08. The largest absolute Gasteiger partial charge is 3.00 e. The summed E-state index contributed by atoms with van der Waals surface area (Å²) < 4.78 is 31.3. The molecule has 0 rings (SSSR count). The van der Waals surface area contributed by atoms with Gasteiger partial charge in [0.05, 0.1) is 0 Å². The summed E-state index contributed by atoms with van der Waals surface area (Å²) in [5.41, 5.74) is 0. The summed E-state index contributed by atoms with van der Waals surface area (Å²) in [6.07, 6.45) is 65.3. The van der Waals surface area contributed by atoms with E-state index in [4.69, 9.17) is 0 Å². The van der Waals surface area contributed by atoms with Gasteiger partial charge < -0.3 is 28.4 Å². The Morgan fingerprint density at radius 2 is 0.297 bits per heavy atom. The number of unbranched alkanes of at least 4 members (excludes halogenated alkanes) is 45. The van der Waals surface area contributed by atoms with Gasteiger partial charge in [0, 0.05) is 24.1 Å². The molecule has 390 valence electrons. The first-order valence-corrected chi connectivity index (χ1v) is 33.0. The standard InChI is InChI=1S/3C18H39O2P.Co/c3*1-2-3-4-5-6-7-8-9-10-11-12-13-14-15-16-17-18-21(19)20;/h3*21H,2-18H2,1H3,(H,19,20);/q;;;+3/p-3. The van der Waals surface area contributed by atoms with E-state index in [2.05, 4.69) is 20.8 Å². The molecule has 0 heterocycles. The monoisotopic (exact) mass is 1010 g/mol. The van der Waals surface area contributed by atoms with E-state index in [-0.39, 0.29) is 16.8 Å². The SMILES string of the molecule is CCCCCCCCCCCCCCCCCC[PH](=O)[O-].CCCCCCCCCCCCCCCCCC[PH](=O)[O-].CCCCCCCCCCCCCCCCCC[PH](=O)[O-].[Co+3]. The normalized spacial score (nSPS) is 12.5. The van der Waals surface area contributed by atoms with Crippen LogP contribution in [0.1, 0.15) is 329 Å². The Morgan fingerprint density at radius 3 is 0.391 bits per heavy atom. The van der Waals surface area contributed by atoms with Crippen molar-refractivity contribution in [1.82, 2.24) is 0 Å². The van der Waals surface area contributed by atoms with Gasteiger partial charge >= 0.3 is 16.8 Å². The van der Waals surface area contributed by atoms with Crippen LogP contribution in [0.25, 0.3) is 0 Å². The molecule has 3 atom stereocenters. The molecule has 0 aromatic heterocycles. The van der Waals surface area contributed by atoms with Gasteiger partial charge in [-0.3, -0.25) is 0 Å². The maximum Gasteiger partial charge on any atom is 3.00 e. The second-order valence-electron chi connectivity index (χ2n) is 19.3. The fourth-order valence-electron chi connectivity index (χ4n) is 8.45. The molecular formula is C54H114CoO6P3. The summed E-state index contributed by atoms with van der Waals surface area (Å²) >= 11 is 0. The summed E-state index contributed by atoms with van der Waals surface area (Å²) in [6, 6.07) is 0. The Balaban J connectivity index is -0.000000419. The summed E-state index contributed by atoms with van der Waals surface area (Å²) in [6.45, 7) is 6.82. The van der Waals surface area contributed by atoms with Crippen LogP contribution in [0, 0.1) is 0 Å². The van der Waals surface area contributed by atoms with E-state index in [0.29, 0.717) is 18.5 Å². The summed E-state index contributed by atoms with van der Waals surface area (Å²) in [5, 5.41) is 0. The van der Waals surface area contributed by atoms with Gasteiger partial charge in [0.15, 0.2) is 0 Å². The van der Waals surface area contributed by atoms with Crippen LogP contribution in [0.3, 0.4) is 0 Å². The second-order valence-corrected chi connectivity index (χ2v) is 23.0. The average Bonchev–Trinajstić information content (AvgIpc) is 3.26. The van der Waals surface area contributed by atoms with Crippen LogP contribution in [-0.2, 0) is 30.5 Å². The van der Waals surface area contributed by atoms with Gasteiger partial charge in [0.2, 0.25) is 0 Å². The van der Waals surface area contributed by atoms with Crippen molar-refractivity contribution in [3.8, 4) is 0 Å². The van der Waals surface area contributed by atoms with Gasteiger partial charge in [-0.15, -0.1) is 0 Å². The Kier molecular flexibility index (Phi) is 76.5. The predicted octanol–water partition coefficient (Wildman–Crippen LogP) is 18.2. The molecule has 0 aliphatic heterocycles. The molecule has 0 aliphatic carbocycles. The maximum absolute atomic E-state index is 10.4. The number of rotatable bonds is 51. The van der Waals surface area contributed by atoms with Gasteiger partial charge in [-0.1, -0.05) is 310 Å². The van der Waals surface area contributed by atoms with Crippen molar-refractivity contribution in [3.63, 3.8) is 0 Å². The summed E-state index contributed by atoms with van der Waals surface area (Å²) in [7, 11) is -7.36. The molecule has 0 aromatic carbocycles. The zero-order valence-electron chi connectivity index (χ0n) is 43.3. The van der Waals surface area contributed by atoms with Crippen molar-refractivity contribution >= 4 is 24.1 Å². The number of hydrogen-bond acceptors (Lipinski definition) is 6. The van der Waals surface area contributed by atoms with E-state index in [1.54, 1.807) is 0 Å². The molecule has 0 saturated heterocycles. The second kappa shape index (κ2) is 68.3. The van der Waals surface area contributed by atoms with Gasteiger partial charge in [-0.25, -0.2) is 0 Å². The predicted molar refractivity (Wildman–Crippen MR) is 280 cm³/mol. The Bertz CT molecular complexity index is 775. The van der Waals surface area contributed by atoms with Crippen LogP contribution in [-0.4, -0.2) is 18.5 Å². The molecule has 0 aliphatic rings. The van der Waals surface area contributed by atoms with E-state index >= 15 is 0 Å². The van der Waals surface area contributed by atoms with Crippen LogP contribution < -0.4 is 14.7 Å². The molecular weight excluding hydrogens is 896 g/mol. The Morgan fingerprint density at radius 1 is 0.203 bits per heavy atom. The molecule has 0 N–H and O–H groups in total. The van der Waals surface area contributed by atoms with E-state index in [0.717, 1.165) is 38.5 Å². The van der Waals surface area contributed by atoms with Gasteiger partial charge in [-0.2, -0.15) is 0 Å². The summed E-state index contributed by atoms with van der Waals surface area (Å²) in [4.78, 5) is 31.3. The van der Waals surface area contributed by atoms with Crippen LogP contribution >= 0.6 is 24.1 Å². The van der Waals surface area contributed by atoms with Crippen molar-refractivity contribution < 1.29 is 45.2 Å². The van der Waals surface area contributed by atoms with E-state index in [1.165, 1.54) is 270 Å². The van der Waals surface area contributed by atoms with Crippen LogP contribution in [0.15, 0.2) is 0 Å². The third kappa shape index (κ3) is 80.1. The quantitative estimate of drug-likeness (QED) is 0.0442. The fraction of sp³-hybridized carbons (Fsp3) is 1.00. The van der Waals surface area contributed by atoms with Crippen molar-refractivity contribution in [2.24, 2.45) is 0 Å². The van der Waals surface area contributed by atoms with E-state index < -0.39 is 24.1 Å².